The molecule has 170 valence electrons. The van der Waals surface area contributed by atoms with Crippen LogP contribution in [0.15, 0.2) is 47.7 Å². The van der Waals surface area contributed by atoms with Gasteiger partial charge in [0.15, 0.2) is 5.78 Å². The molecule has 2 rings (SSSR count). The summed E-state index contributed by atoms with van der Waals surface area (Å²) >= 11 is 0. The van der Waals surface area contributed by atoms with Crippen molar-refractivity contribution in [2.75, 3.05) is 12.0 Å². The summed E-state index contributed by atoms with van der Waals surface area (Å²) in [6.45, 7) is 12.7. The number of aromatic nitrogens is 1. The molecule has 0 bridgehead atoms. The van der Waals surface area contributed by atoms with Crippen LogP contribution in [0.3, 0.4) is 0 Å². The lowest BCUT2D eigenvalue weighted by Crippen LogP contribution is -2.25. The minimum absolute atomic E-state index is 0. The second-order valence-electron chi connectivity index (χ2n) is 8.82. The van der Waals surface area contributed by atoms with Gasteiger partial charge in [0.2, 0.25) is 0 Å². The highest BCUT2D eigenvalue weighted by Crippen LogP contribution is 2.25. The fourth-order valence-electron chi connectivity index (χ4n) is 2.79. The van der Waals surface area contributed by atoms with Gasteiger partial charge in [0.05, 0.1) is 5.71 Å². The van der Waals surface area contributed by atoms with Crippen molar-refractivity contribution in [3.05, 3.63) is 59.3 Å². The predicted octanol–water partition coefficient (Wildman–Crippen LogP) is 5.80. The number of benzene rings is 1. The van der Waals surface area contributed by atoms with Gasteiger partial charge in [-0.25, -0.2) is 4.98 Å². The molecule has 0 spiro atoms. The van der Waals surface area contributed by atoms with Gasteiger partial charge in [-0.2, -0.15) is 5.10 Å². The highest BCUT2D eigenvalue weighted by Gasteiger charge is 2.26. The average Bonchev–Trinajstić information content (AvgIpc) is 2.77. The maximum Gasteiger partial charge on any atom is 0.251 e. The lowest BCUT2D eigenvalue weighted by atomic mass is 9.82. The molecule has 2 N–H and O–H groups in total. The van der Waals surface area contributed by atoms with E-state index in [0.29, 0.717) is 29.4 Å². The molecule has 6 nitrogen and oxygen atoms in total. The van der Waals surface area contributed by atoms with E-state index in [1.165, 1.54) is 0 Å². The molecule has 0 aliphatic heterocycles. The number of hydrazone groups is 1. The maximum atomic E-state index is 12.5. The third kappa shape index (κ3) is 7.02. The molecular weight excluding hydrogens is 388 g/mol. The van der Waals surface area contributed by atoms with Gasteiger partial charge in [-0.3, -0.25) is 15.0 Å². The van der Waals surface area contributed by atoms with E-state index < -0.39 is 5.41 Å². The molecule has 0 fully saturated rings. The molecule has 1 amide bonds. The van der Waals surface area contributed by atoms with Crippen molar-refractivity contribution in [2.24, 2.45) is 16.4 Å². The largest absolute Gasteiger partial charge is 0.352 e. The summed E-state index contributed by atoms with van der Waals surface area (Å²) in [5.41, 5.74) is 5.42. The molecule has 31 heavy (non-hydrogen) atoms. The van der Waals surface area contributed by atoms with E-state index >= 15 is 0 Å². The molecule has 1 aromatic heterocycles. The van der Waals surface area contributed by atoms with Gasteiger partial charge in [-0.05, 0) is 55.5 Å². The number of carbonyl (C=O) groups is 2. The topological polar surface area (TPSA) is 83.5 Å². The van der Waals surface area contributed by atoms with Crippen LogP contribution in [0.4, 0.5) is 5.82 Å². The summed E-state index contributed by atoms with van der Waals surface area (Å²) in [6.07, 6.45) is 3.31. The van der Waals surface area contributed by atoms with Gasteiger partial charge in [-0.1, -0.05) is 46.8 Å². The van der Waals surface area contributed by atoms with Gasteiger partial charge >= 0.3 is 0 Å². The Morgan fingerprint density at radius 3 is 2.23 bits per heavy atom. The minimum Gasteiger partial charge on any atom is -0.352 e. The number of nitrogens with one attached hydrogen (secondary N) is 2. The number of hydrogen-bond acceptors (Lipinski definition) is 5. The summed E-state index contributed by atoms with van der Waals surface area (Å²) in [4.78, 5) is 29.0. The first-order chi connectivity index (χ1) is 14.6. The van der Waals surface area contributed by atoms with E-state index in [-0.39, 0.29) is 14.5 Å². The Morgan fingerprint density at radius 1 is 1.06 bits per heavy atom. The van der Waals surface area contributed by atoms with Crippen molar-refractivity contribution in [1.29, 1.82) is 0 Å². The lowest BCUT2D eigenvalue weighted by Gasteiger charge is -2.20. The monoisotopic (exact) mass is 426 g/mol. The standard InChI is InChI=1S/C25H34N4O2.2H2/c1-7-25(5,6)23(30)21-12-13-22(27-16-21)29-28-18(4)19-8-10-20(11-9-19)24(31)26-15-14-17(2)3;;/h8-13,16-17H,7,14-15H2,1-6H3,(H,26,31)(H,27,29);2*1H/b28-18+;;. The van der Waals surface area contributed by atoms with Gasteiger partial charge in [0.25, 0.3) is 5.91 Å². The number of hydrogen-bond donors (Lipinski definition) is 2. The van der Waals surface area contributed by atoms with Crippen molar-refractivity contribution in [3.63, 3.8) is 0 Å². The smallest absolute Gasteiger partial charge is 0.251 e. The predicted molar refractivity (Wildman–Crippen MR) is 131 cm³/mol. The molecular formula is C25H38N4O2. The first-order valence-corrected chi connectivity index (χ1v) is 10.8. The zero-order valence-electron chi connectivity index (χ0n) is 19.5. The SMILES string of the molecule is CCC(C)(C)C(=O)c1ccc(N/N=C(\C)c2ccc(C(=O)NCCC(C)C)cc2)nc1.[HH].[HH]. The molecule has 0 unspecified atom stereocenters. The van der Waals surface area contributed by atoms with Crippen LogP contribution in [0.1, 0.15) is 83.5 Å². The number of carbonyl (C=O) groups excluding carboxylic acids is 2. The molecule has 0 saturated carbocycles. The highest BCUT2D eigenvalue weighted by molar-refractivity contribution is 6.01. The Kier molecular flexibility index (Phi) is 8.48. The first kappa shape index (κ1) is 24.3. The van der Waals surface area contributed by atoms with Gasteiger partial charge in [-0.15, -0.1) is 0 Å². The fourth-order valence-corrected chi connectivity index (χ4v) is 2.79. The van der Waals surface area contributed by atoms with Gasteiger partial charge in [0.1, 0.15) is 5.82 Å². The summed E-state index contributed by atoms with van der Waals surface area (Å²) in [6, 6.07) is 10.9. The number of pyridine rings is 1. The summed E-state index contributed by atoms with van der Waals surface area (Å²) in [7, 11) is 0. The molecule has 1 heterocycles. The van der Waals surface area contributed by atoms with Crippen LogP contribution in [-0.2, 0) is 0 Å². The summed E-state index contributed by atoms with van der Waals surface area (Å²) in [5, 5.41) is 7.30. The van der Waals surface area contributed by atoms with Crippen LogP contribution in [0.2, 0.25) is 0 Å². The Balaban J connectivity index is 0.00000512. The van der Waals surface area contributed by atoms with E-state index in [0.717, 1.165) is 24.1 Å². The third-order valence-electron chi connectivity index (χ3n) is 5.43. The number of anilines is 1. The van der Waals surface area contributed by atoms with Crippen molar-refractivity contribution >= 4 is 23.2 Å². The zero-order chi connectivity index (χ0) is 23.0. The summed E-state index contributed by atoms with van der Waals surface area (Å²) in [5.74, 6) is 1.14. The molecule has 2 aromatic rings. The molecule has 0 radical (unpaired) electrons. The van der Waals surface area contributed by atoms with Crippen LogP contribution in [0, 0.1) is 11.3 Å². The van der Waals surface area contributed by atoms with Crippen LogP contribution >= 0.6 is 0 Å². The molecule has 0 saturated heterocycles. The normalized spacial score (nSPS) is 12.0. The Labute approximate surface area is 188 Å². The van der Waals surface area contributed by atoms with E-state index in [2.05, 4.69) is 34.7 Å². The van der Waals surface area contributed by atoms with Crippen molar-refractivity contribution in [1.82, 2.24) is 10.3 Å². The Bertz CT molecular complexity index is 924. The summed E-state index contributed by atoms with van der Waals surface area (Å²) < 4.78 is 0. The zero-order valence-corrected chi connectivity index (χ0v) is 19.5. The number of amides is 1. The van der Waals surface area contributed by atoms with E-state index in [4.69, 9.17) is 0 Å². The number of Topliss-reactive ketones (excluding diaryl/α,β-unsaturated/α-hetero) is 1. The molecule has 0 aliphatic carbocycles. The van der Waals surface area contributed by atoms with Crippen molar-refractivity contribution in [3.8, 4) is 0 Å². The minimum atomic E-state index is -0.400. The third-order valence-corrected chi connectivity index (χ3v) is 5.43. The van der Waals surface area contributed by atoms with Crippen LogP contribution < -0.4 is 10.7 Å². The molecule has 0 aliphatic rings. The number of ketones is 1. The Hall–Kier alpha value is -3.02. The fraction of sp³-hybridized carbons (Fsp3) is 0.440. The van der Waals surface area contributed by atoms with E-state index in [1.54, 1.807) is 30.5 Å². The second-order valence-corrected chi connectivity index (χ2v) is 8.82. The highest BCUT2D eigenvalue weighted by atomic mass is 16.1. The second kappa shape index (κ2) is 10.8. The average molecular weight is 427 g/mol. The van der Waals surface area contributed by atoms with Gasteiger partial charge in [0, 0.05) is 32.1 Å². The van der Waals surface area contributed by atoms with E-state index in [9.17, 15) is 9.59 Å². The van der Waals surface area contributed by atoms with Crippen LogP contribution in [0.5, 0.6) is 0 Å². The first-order valence-electron chi connectivity index (χ1n) is 10.8. The number of rotatable bonds is 10. The maximum absolute atomic E-state index is 12.5. The van der Waals surface area contributed by atoms with E-state index in [1.807, 2.05) is 39.8 Å². The molecule has 0 atom stereocenters. The van der Waals surface area contributed by atoms with Gasteiger partial charge < -0.3 is 5.32 Å². The number of nitrogens with zero attached hydrogens (tertiary/aromatic N) is 2. The van der Waals surface area contributed by atoms with Crippen LogP contribution in [-0.4, -0.2) is 28.9 Å². The quantitative estimate of drug-likeness (QED) is 0.285. The van der Waals surface area contributed by atoms with Crippen LogP contribution in [0.25, 0.3) is 0 Å². The molecule has 1 aromatic carbocycles. The lowest BCUT2D eigenvalue weighted by molar-refractivity contribution is 0.0832. The van der Waals surface area contributed by atoms with Crippen molar-refractivity contribution in [2.45, 2.75) is 54.4 Å². The Morgan fingerprint density at radius 2 is 1.68 bits per heavy atom. The molecule has 6 heteroatoms. The van der Waals surface area contributed by atoms with Crippen molar-refractivity contribution < 1.29 is 12.4 Å².